The molecule has 1 atom stereocenters. The highest BCUT2D eigenvalue weighted by Crippen LogP contribution is 2.27. The lowest BCUT2D eigenvalue weighted by Crippen LogP contribution is -2.32. The van der Waals surface area contributed by atoms with Crippen molar-refractivity contribution in [2.75, 3.05) is 0 Å². The molecule has 1 N–H and O–H groups in total. The van der Waals surface area contributed by atoms with Gasteiger partial charge >= 0.3 is 0 Å². The summed E-state index contributed by atoms with van der Waals surface area (Å²) in [5.74, 6) is 1.54. The van der Waals surface area contributed by atoms with Crippen LogP contribution in [0.15, 0.2) is 42.7 Å². The lowest BCUT2D eigenvalue weighted by Gasteiger charge is -2.23. The summed E-state index contributed by atoms with van der Waals surface area (Å²) in [6, 6.07) is 9.88. The van der Waals surface area contributed by atoms with E-state index in [4.69, 9.17) is 0 Å². The average Bonchev–Trinajstić information content (AvgIpc) is 3.00. The van der Waals surface area contributed by atoms with E-state index in [0.717, 1.165) is 11.4 Å². The van der Waals surface area contributed by atoms with Crippen molar-refractivity contribution >= 4 is 5.91 Å². The van der Waals surface area contributed by atoms with Crippen molar-refractivity contribution in [3.05, 3.63) is 54.1 Å². The van der Waals surface area contributed by atoms with Crippen molar-refractivity contribution in [2.24, 2.45) is 13.0 Å². The first-order valence-electron chi connectivity index (χ1n) is 8.55. The highest BCUT2D eigenvalue weighted by atomic mass is 16.1. The monoisotopic (exact) mass is 311 g/mol. The first kappa shape index (κ1) is 15.8. The molecule has 0 bridgehead atoms. The Hall–Kier alpha value is -2.10. The van der Waals surface area contributed by atoms with Gasteiger partial charge in [0.2, 0.25) is 5.91 Å². The lowest BCUT2D eigenvalue weighted by molar-refractivity contribution is -0.122. The zero-order chi connectivity index (χ0) is 16.1. The van der Waals surface area contributed by atoms with E-state index < -0.39 is 0 Å². The van der Waals surface area contributed by atoms with Gasteiger partial charge in [-0.2, -0.15) is 0 Å². The van der Waals surface area contributed by atoms with Gasteiger partial charge in [-0.15, -0.1) is 0 Å². The van der Waals surface area contributed by atoms with E-state index in [1.807, 2.05) is 48.1 Å². The quantitative estimate of drug-likeness (QED) is 0.917. The first-order chi connectivity index (χ1) is 11.2. The van der Waals surface area contributed by atoms with E-state index in [9.17, 15) is 4.79 Å². The summed E-state index contributed by atoms with van der Waals surface area (Å²) in [5, 5.41) is 3.20. The molecule has 4 heteroatoms. The number of nitrogens with zero attached hydrogens (tertiary/aromatic N) is 2. The van der Waals surface area contributed by atoms with E-state index >= 15 is 0 Å². The Kier molecular flexibility index (Phi) is 5.11. The van der Waals surface area contributed by atoms with Crippen molar-refractivity contribution in [1.82, 2.24) is 14.9 Å². The molecule has 2 aromatic rings. The minimum Gasteiger partial charge on any atom is -0.342 e. The smallest absolute Gasteiger partial charge is 0.221 e. The number of aromatic nitrogens is 2. The fraction of sp³-hybridized carbons (Fsp3) is 0.474. The van der Waals surface area contributed by atoms with Gasteiger partial charge in [0.15, 0.2) is 0 Å². The number of carbonyl (C=O) groups excluding carboxylic acids is 1. The van der Waals surface area contributed by atoms with Crippen LogP contribution in [0.4, 0.5) is 0 Å². The zero-order valence-electron chi connectivity index (χ0n) is 13.7. The Morgan fingerprint density at radius 2 is 2.00 bits per heavy atom. The molecule has 1 aliphatic carbocycles. The van der Waals surface area contributed by atoms with Crippen molar-refractivity contribution in [3.8, 4) is 0 Å². The number of aryl methyl sites for hydroxylation is 1. The number of imidazole rings is 1. The molecule has 1 aromatic heterocycles. The molecule has 1 fully saturated rings. The maximum Gasteiger partial charge on any atom is 0.221 e. The fourth-order valence-electron chi connectivity index (χ4n) is 3.47. The Bertz CT molecular complexity index is 629. The van der Waals surface area contributed by atoms with Crippen LogP contribution in [-0.2, 0) is 11.8 Å². The van der Waals surface area contributed by atoms with Crippen LogP contribution in [-0.4, -0.2) is 15.5 Å². The van der Waals surface area contributed by atoms with Crippen LogP contribution < -0.4 is 5.32 Å². The number of benzene rings is 1. The van der Waals surface area contributed by atoms with Gasteiger partial charge < -0.3 is 9.88 Å². The molecule has 122 valence electrons. The summed E-state index contributed by atoms with van der Waals surface area (Å²) in [6.07, 6.45) is 10.5. The molecule has 0 saturated heterocycles. The summed E-state index contributed by atoms with van der Waals surface area (Å²) in [4.78, 5) is 17.0. The van der Waals surface area contributed by atoms with Gasteiger partial charge in [0.1, 0.15) is 11.9 Å². The van der Waals surface area contributed by atoms with Gasteiger partial charge in [-0.25, -0.2) is 4.98 Å². The minimum atomic E-state index is -0.188. The summed E-state index contributed by atoms with van der Waals surface area (Å²) in [6.45, 7) is 0. The molecule has 1 aromatic carbocycles. The van der Waals surface area contributed by atoms with Crippen LogP contribution in [0, 0.1) is 5.92 Å². The standard InChI is InChI=1S/C19H25N3O/c1-22-13-12-20-19(22)18(16-10-6-3-7-11-16)21-17(23)14-15-8-4-2-5-9-15/h3,6-7,10-13,15,18H,2,4-5,8-9,14H2,1H3,(H,21,23). The molecule has 1 saturated carbocycles. The van der Waals surface area contributed by atoms with Gasteiger partial charge in [-0.3, -0.25) is 4.79 Å². The van der Waals surface area contributed by atoms with Gasteiger partial charge in [0.25, 0.3) is 0 Å². The van der Waals surface area contributed by atoms with Crippen LogP contribution in [0.25, 0.3) is 0 Å². The number of hydrogen-bond donors (Lipinski definition) is 1. The summed E-state index contributed by atoms with van der Waals surface area (Å²) < 4.78 is 1.97. The van der Waals surface area contributed by atoms with Gasteiger partial charge in [-0.05, 0) is 24.3 Å². The van der Waals surface area contributed by atoms with Gasteiger partial charge in [-0.1, -0.05) is 49.6 Å². The molecular formula is C19H25N3O. The molecular weight excluding hydrogens is 286 g/mol. The molecule has 23 heavy (non-hydrogen) atoms. The fourth-order valence-corrected chi connectivity index (χ4v) is 3.47. The van der Waals surface area contributed by atoms with E-state index in [0.29, 0.717) is 12.3 Å². The number of hydrogen-bond acceptors (Lipinski definition) is 2. The second-order valence-electron chi connectivity index (χ2n) is 6.52. The normalized spacial score (nSPS) is 16.9. The third kappa shape index (κ3) is 4.01. The third-order valence-electron chi connectivity index (χ3n) is 4.75. The van der Waals surface area contributed by atoms with Crippen molar-refractivity contribution in [3.63, 3.8) is 0 Å². The van der Waals surface area contributed by atoms with E-state index in [1.54, 1.807) is 6.20 Å². The number of nitrogens with one attached hydrogen (secondary N) is 1. The van der Waals surface area contributed by atoms with E-state index in [1.165, 1.54) is 32.1 Å². The molecule has 1 heterocycles. The number of rotatable bonds is 5. The van der Waals surface area contributed by atoms with Crippen LogP contribution in [0.1, 0.15) is 56.0 Å². The van der Waals surface area contributed by atoms with Gasteiger partial charge in [0.05, 0.1) is 0 Å². The van der Waals surface area contributed by atoms with Crippen LogP contribution in [0.3, 0.4) is 0 Å². The highest BCUT2D eigenvalue weighted by Gasteiger charge is 2.23. The van der Waals surface area contributed by atoms with Gasteiger partial charge in [0, 0.05) is 25.9 Å². The Morgan fingerprint density at radius 3 is 2.65 bits per heavy atom. The Morgan fingerprint density at radius 1 is 1.26 bits per heavy atom. The largest absolute Gasteiger partial charge is 0.342 e. The molecule has 1 aliphatic rings. The van der Waals surface area contributed by atoms with Crippen LogP contribution in [0.2, 0.25) is 0 Å². The highest BCUT2D eigenvalue weighted by molar-refractivity contribution is 5.77. The first-order valence-corrected chi connectivity index (χ1v) is 8.55. The Labute approximate surface area is 137 Å². The minimum absolute atomic E-state index is 0.133. The second-order valence-corrected chi connectivity index (χ2v) is 6.52. The second kappa shape index (κ2) is 7.44. The SMILES string of the molecule is Cn1ccnc1C(NC(=O)CC1CCCCC1)c1ccccc1. The van der Waals surface area contributed by atoms with E-state index in [2.05, 4.69) is 10.3 Å². The molecule has 0 aliphatic heterocycles. The van der Waals surface area contributed by atoms with Crippen molar-refractivity contribution in [2.45, 2.75) is 44.6 Å². The lowest BCUT2D eigenvalue weighted by atomic mass is 9.86. The molecule has 4 nitrogen and oxygen atoms in total. The maximum absolute atomic E-state index is 12.6. The average molecular weight is 311 g/mol. The third-order valence-corrected chi connectivity index (χ3v) is 4.75. The maximum atomic E-state index is 12.6. The Balaban J connectivity index is 1.74. The molecule has 0 spiro atoms. The summed E-state index contributed by atoms with van der Waals surface area (Å²) >= 11 is 0. The van der Waals surface area contributed by atoms with Crippen LogP contribution >= 0.6 is 0 Å². The molecule has 0 radical (unpaired) electrons. The number of carbonyl (C=O) groups is 1. The predicted octanol–water partition coefficient (Wildman–Crippen LogP) is 3.60. The molecule has 1 amide bonds. The summed E-state index contributed by atoms with van der Waals surface area (Å²) in [7, 11) is 1.96. The summed E-state index contributed by atoms with van der Waals surface area (Å²) in [5.41, 5.74) is 1.07. The zero-order valence-corrected chi connectivity index (χ0v) is 13.7. The number of amides is 1. The van der Waals surface area contributed by atoms with Crippen molar-refractivity contribution < 1.29 is 4.79 Å². The predicted molar refractivity (Wildman–Crippen MR) is 90.8 cm³/mol. The van der Waals surface area contributed by atoms with Crippen LogP contribution in [0.5, 0.6) is 0 Å². The van der Waals surface area contributed by atoms with Crippen molar-refractivity contribution in [1.29, 1.82) is 0 Å². The van der Waals surface area contributed by atoms with E-state index in [-0.39, 0.29) is 11.9 Å². The topological polar surface area (TPSA) is 46.9 Å². The molecule has 1 unspecified atom stereocenters. The molecule has 3 rings (SSSR count).